The fraction of sp³-hybridized carbons (Fsp3) is 0.375. The number of hydrogen-bond acceptors (Lipinski definition) is 7. The molecule has 1 fully saturated rings. The zero-order valence-corrected chi connectivity index (χ0v) is 24.1. The van der Waals surface area contributed by atoms with Gasteiger partial charge in [-0.25, -0.2) is 14.3 Å². The molecule has 1 amide bonds. The average molecular weight is 556 g/mol. The van der Waals surface area contributed by atoms with Gasteiger partial charge in [0.2, 0.25) is 5.88 Å². The van der Waals surface area contributed by atoms with Gasteiger partial charge in [-0.05, 0) is 88.5 Å². The van der Waals surface area contributed by atoms with Crippen LogP contribution < -0.4 is 10.1 Å². The Bertz CT molecular complexity index is 1550. The van der Waals surface area contributed by atoms with E-state index in [-0.39, 0.29) is 12.2 Å². The third-order valence-electron chi connectivity index (χ3n) is 6.98. The van der Waals surface area contributed by atoms with E-state index < -0.39 is 11.7 Å². The highest BCUT2D eigenvalue weighted by Crippen LogP contribution is 2.25. The Kier molecular flexibility index (Phi) is 8.35. The van der Waals surface area contributed by atoms with Crippen molar-refractivity contribution in [2.45, 2.75) is 65.5 Å². The minimum Gasteiger partial charge on any atom is -0.444 e. The van der Waals surface area contributed by atoms with E-state index in [0.717, 1.165) is 41.9 Å². The molecule has 0 aliphatic carbocycles. The molecule has 4 aromatic rings. The normalized spacial score (nSPS) is 14.1. The Labute approximate surface area is 240 Å². The van der Waals surface area contributed by atoms with Crippen molar-refractivity contribution in [3.8, 4) is 11.6 Å². The van der Waals surface area contributed by atoms with E-state index in [1.165, 1.54) is 23.8 Å². The lowest BCUT2D eigenvalue weighted by Gasteiger charge is -2.27. The van der Waals surface area contributed by atoms with Crippen molar-refractivity contribution in [2.75, 3.05) is 18.4 Å². The Morgan fingerprint density at radius 1 is 0.976 bits per heavy atom. The van der Waals surface area contributed by atoms with Gasteiger partial charge in [-0.3, -0.25) is 15.0 Å². The molecule has 2 aromatic heterocycles. The minimum atomic E-state index is -0.615. The predicted octanol–water partition coefficient (Wildman–Crippen LogP) is 6.59. The number of aryl methyl sites for hydroxylation is 1. The van der Waals surface area contributed by atoms with Crippen LogP contribution in [-0.2, 0) is 17.7 Å². The van der Waals surface area contributed by atoms with Crippen LogP contribution in [0.5, 0.6) is 11.6 Å². The van der Waals surface area contributed by atoms with E-state index in [1.54, 1.807) is 39.1 Å². The Morgan fingerprint density at radius 2 is 1.76 bits per heavy atom. The van der Waals surface area contributed by atoms with Crippen molar-refractivity contribution in [1.82, 2.24) is 19.5 Å². The fourth-order valence-corrected chi connectivity index (χ4v) is 4.97. The van der Waals surface area contributed by atoms with Crippen molar-refractivity contribution >= 4 is 23.3 Å². The zero-order valence-electron chi connectivity index (χ0n) is 24.1. The van der Waals surface area contributed by atoms with Gasteiger partial charge in [0.1, 0.15) is 11.4 Å². The van der Waals surface area contributed by atoms with Gasteiger partial charge in [-0.1, -0.05) is 36.8 Å². The number of rotatable bonds is 8. The molecule has 2 aromatic carbocycles. The van der Waals surface area contributed by atoms with Crippen LogP contribution in [0.3, 0.4) is 0 Å². The monoisotopic (exact) mass is 555 g/mol. The van der Waals surface area contributed by atoms with Gasteiger partial charge in [0, 0.05) is 24.6 Å². The number of anilines is 1. The van der Waals surface area contributed by atoms with E-state index in [9.17, 15) is 9.59 Å². The Morgan fingerprint density at radius 3 is 2.54 bits per heavy atom. The van der Waals surface area contributed by atoms with Crippen molar-refractivity contribution in [3.63, 3.8) is 0 Å². The lowest BCUT2D eigenvalue weighted by molar-refractivity contribution is 0.0635. The fourth-order valence-electron chi connectivity index (χ4n) is 4.97. The van der Waals surface area contributed by atoms with E-state index in [4.69, 9.17) is 9.47 Å². The molecule has 5 rings (SSSR count). The van der Waals surface area contributed by atoms with Crippen LogP contribution in [0.25, 0.3) is 5.65 Å². The molecule has 0 saturated carbocycles. The van der Waals surface area contributed by atoms with Crippen LogP contribution in [0.1, 0.15) is 67.1 Å². The molecule has 0 atom stereocenters. The number of carbonyl (C=O) groups is 2. The Hall–Kier alpha value is -4.24. The summed E-state index contributed by atoms with van der Waals surface area (Å²) >= 11 is 0. The van der Waals surface area contributed by atoms with E-state index in [0.29, 0.717) is 23.1 Å². The number of ether oxygens (including phenoxy) is 2. The maximum Gasteiger partial charge on any atom is 0.413 e. The zero-order chi connectivity index (χ0) is 29.0. The number of imidazole rings is 1. The van der Waals surface area contributed by atoms with Gasteiger partial charge in [-0.2, -0.15) is 0 Å². The van der Waals surface area contributed by atoms with Crippen molar-refractivity contribution in [1.29, 1.82) is 0 Å². The van der Waals surface area contributed by atoms with Crippen molar-refractivity contribution < 1.29 is 19.1 Å². The summed E-state index contributed by atoms with van der Waals surface area (Å²) < 4.78 is 12.9. The largest absolute Gasteiger partial charge is 0.444 e. The number of likely N-dealkylation sites (tertiary alicyclic amines) is 1. The molecule has 0 radical (unpaired) electrons. The molecule has 1 saturated heterocycles. The van der Waals surface area contributed by atoms with Gasteiger partial charge in [0.15, 0.2) is 17.2 Å². The van der Waals surface area contributed by atoms with Crippen LogP contribution in [0.15, 0.2) is 60.8 Å². The van der Waals surface area contributed by atoms with E-state index in [2.05, 4.69) is 26.4 Å². The molecule has 9 nitrogen and oxygen atoms in total. The van der Waals surface area contributed by atoms with Crippen molar-refractivity contribution in [2.24, 2.45) is 0 Å². The number of Topliss-reactive ketones (excluding diaryl/α,β-unsaturated/α-hetero) is 1. The summed E-state index contributed by atoms with van der Waals surface area (Å²) in [5, 5.41) is 7.09. The minimum absolute atomic E-state index is 0.0980. The second-order valence-electron chi connectivity index (χ2n) is 11.5. The first-order chi connectivity index (χ1) is 19.6. The number of hydrogen-bond donors (Lipinski definition) is 1. The molecule has 214 valence electrons. The lowest BCUT2D eigenvalue weighted by atomic mass is 9.95. The SMILES string of the molecule is Cc1ccc(Oc2ccc3nc(NC(=O)OC(C)(C)C)cn3n2)cc1CC(=O)c1ccccc1CN1CCCCC1. The lowest BCUT2D eigenvalue weighted by Crippen LogP contribution is -2.29. The summed E-state index contributed by atoms with van der Waals surface area (Å²) in [6.07, 6.45) is 5.00. The average Bonchev–Trinajstić information content (AvgIpc) is 3.31. The molecular weight excluding hydrogens is 518 g/mol. The molecule has 1 aliphatic rings. The number of fused-ring (bicyclic) bond motifs is 1. The highest BCUT2D eigenvalue weighted by Gasteiger charge is 2.19. The molecule has 9 heteroatoms. The molecular formula is C32H37N5O4. The summed E-state index contributed by atoms with van der Waals surface area (Å²) in [6.45, 7) is 10.4. The second-order valence-corrected chi connectivity index (χ2v) is 11.5. The quantitative estimate of drug-likeness (QED) is 0.245. The number of amides is 1. The molecule has 1 N–H and O–H groups in total. The van der Waals surface area contributed by atoms with E-state index in [1.807, 2.05) is 43.3 Å². The van der Waals surface area contributed by atoms with Gasteiger partial charge in [0.05, 0.1) is 6.20 Å². The maximum atomic E-state index is 13.5. The maximum absolute atomic E-state index is 13.5. The highest BCUT2D eigenvalue weighted by atomic mass is 16.6. The third-order valence-corrected chi connectivity index (χ3v) is 6.98. The van der Waals surface area contributed by atoms with Crippen LogP contribution >= 0.6 is 0 Å². The third kappa shape index (κ3) is 7.49. The highest BCUT2D eigenvalue weighted by molar-refractivity contribution is 5.99. The number of aromatic nitrogens is 3. The van der Waals surface area contributed by atoms with Gasteiger partial charge >= 0.3 is 6.09 Å². The summed E-state index contributed by atoms with van der Waals surface area (Å²) in [6, 6.07) is 17.1. The molecule has 3 heterocycles. The number of piperidine rings is 1. The van der Waals surface area contributed by atoms with Crippen LogP contribution in [0.4, 0.5) is 10.6 Å². The van der Waals surface area contributed by atoms with Gasteiger partial charge in [-0.15, -0.1) is 5.10 Å². The van der Waals surface area contributed by atoms with Crippen LogP contribution in [-0.4, -0.2) is 50.1 Å². The molecule has 0 unspecified atom stereocenters. The van der Waals surface area contributed by atoms with Crippen LogP contribution in [0.2, 0.25) is 0 Å². The standard InChI is InChI=1S/C32H37N5O4/c1-22-12-13-25(40-30-15-14-29-33-28(21-37(29)35-30)34-31(39)41-32(2,3)4)18-24(22)19-27(38)26-11-7-6-10-23(26)20-36-16-8-5-9-17-36/h6-7,10-15,18,21H,5,8-9,16-17,19-20H2,1-4H3,(H,34,39). The summed E-state index contributed by atoms with van der Waals surface area (Å²) in [5.74, 6) is 1.35. The first-order valence-corrected chi connectivity index (χ1v) is 14.1. The molecule has 0 bridgehead atoms. The predicted molar refractivity (Wildman–Crippen MR) is 158 cm³/mol. The van der Waals surface area contributed by atoms with Gasteiger partial charge < -0.3 is 9.47 Å². The van der Waals surface area contributed by atoms with Gasteiger partial charge in [0.25, 0.3) is 0 Å². The number of nitrogens with zero attached hydrogens (tertiary/aromatic N) is 4. The van der Waals surface area contributed by atoms with Crippen LogP contribution in [0, 0.1) is 6.92 Å². The summed E-state index contributed by atoms with van der Waals surface area (Å²) in [4.78, 5) is 32.4. The first kappa shape index (κ1) is 28.3. The molecule has 0 spiro atoms. The first-order valence-electron chi connectivity index (χ1n) is 14.1. The summed E-state index contributed by atoms with van der Waals surface area (Å²) in [7, 11) is 0. The second kappa shape index (κ2) is 12.1. The Balaban J connectivity index is 1.28. The number of nitrogens with one attached hydrogen (secondary N) is 1. The molecule has 1 aliphatic heterocycles. The summed E-state index contributed by atoms with van der Waals surface area (Å²) in [5.41, 5.74) is 3.73. The topological polar surface area (TPSA) is 98.1 Å². The number of ketones is 1. The van der Waals surface area contributed by atoms with E-state index >= 15 is 0 Å². The van der Waals surface area contributed by atoms with Crippen molar-refractivity contribution in [3.05, 3.63) is 83.0 Å². The number of carbonyl (C=O) groups excluding carboxylic acids is 2. The smallest absolute Gasteiger partial charge is 0.413 e. The molecule has 41 heavy (non-hydrogen) atoms. The number of benzene rings is 2.